The molecule has 0 atom stereocenters. The number of benzene rings is 2. The Morgan fingerprint density at radius 2 is 1.93 bits per heavy atom. The molecule has 0 saturated carbocycles. The number of hydrogen-bond acceptors (Lipinski definition) is 4. The molecule has 0 unspecified atom stereocenters. The van der Waals surface area contributed by atoms with Crippen LogP contribution in [0.4, 0.5) is 0 Å². The number of aromatic nitrogens is 1. The van der Waals surface area contributed by atoms with Crippen molar-refractivity contribution in [2.24, 2.45) is 0 Å². The first-order valence-corrected chi connectivity index (χ1v) is 10.1. The van der Waals surface area contributed by atoms with Crippen LogP contribution in [0.2, 0.25) is 0 Å². The van der Waals surface area contributed by atoms with Gasteiger partial charge in [0.25, 0.3) is 5.91 Å². The third kappa shape index (κ3) is 3.37. The number of nitrogens with zero attached hydrogens (tertiary/aromatic N) is 2. The Labute approximate surface area is 164 Å². The predicted molar refractivity (Wildman–Crippen MR) is 107 cm³/mol. The second-order valence-corrected chi connectivity index (χ2v) is 7.75. The highest BCUT2D eigenvalue weighted by molar-refractivity contribution is 5.78. The number of aryl methyl sites for hydroxylation is 2. The maximum Gasteiger partial charge on any atom is 0.260 e. The standard InChI is InChI=1S/C23H24N2O3/c26-22(15-27-19-9-8-16-4-3-5-18(16)14-19)25-12-10-17(11-13-25)23-24-20-6-1-2-7-21(20)28-23/h1-2,6-9,14,17H,3-5,10-13,15H2. The van der Waals surface area contributed by atoms with Crippen LogP contribution in [0.1, 0.15) is 42.2 Å². The van der Waals surface area contributed by atoms with E-state index in [1.807, 2.05) is 35.2 Å². The molecule has 1 aromatic heterocycles. The lowest BCUT2D eigenvalue weighted by molar-refractivity contribution is -0.134. The molecule has 2 heterocycles. The maximum absolute atomic E-state index is 12.6. The lowest BCUT2D eigenvalue weighted by atomic mass is 9.97. The number of ether oxygens (including phenoxy) is 1. The molecule has 1 aliphatic heterocycles. The molecular formula is C23H24N2O3. The highest BCUT2D eigenvalue weighted by Crippen LogP contribution is 2.30. The van der Waals surface area contributed by atoms with Crippen molar-refractivity contribution in [3.8, 4) is 5.75 Å². The van der Waals surface area contributed by atoms with Crippen LogP contribution in [0.5, 0.6) is 5.75 Å². The molecule has 0 radical (unpaired) electrons. The monoisotopic (exact) mass is 376 g/mol. The summed E-state index contributed by atoms with van der Waals surface area (Å²) in [5.41, 5.74) is 4.52. The molecule has 5 heteroatoms. The summed E-state index contributed by atoms with van der Waals surface area (Å²) in [4.78, 5) is 19.1. The van der Waals surface area contributed by atoms with Crippen molar-refractivity contribution in [2.75, 3.05) is 19.7 Å². The van der Waals surface area contributed by atoms with Gasteiger partial charge in [-0.3, -0.25) is 4.79 Å². The number of carbonyl (C=O) groups is 1. The van der Waals surface area contributed by atoms with Gasteiger partial charge in [-0.1, -0.05) is 18.2 Å². The molecule has 2 aliphatic rings. The van der Waals surface area contributed by atoms with Gasteiger partial charge >= 0.3 is 0 Å². The molecule has 1 fully saturated rings. The van der Waals surface area contributed by atoms with Crippen LogP contribution >= 0.6 is 0 Å². The number of carbonyl (C=O) groups excluding carboxylic acids is 1. The Hall–Kier alpha value is -2.82. The van der Waals surface area contributed by atoms with Crippen molar-refractivity contribution in [3.63, 3.8) is 0 Å². The van der Waals surface area contributed by atoms with E-state index in [-0.39, 0.29) is 18.4 Å². The Morgan fingerprint density at radius 3 is 2.79 bits per heavy atom. The smallest absolute Gasteiger partial charge is 0.260 e. The number of piperidine rings is 1. The van der Waals surface area contributed by atoms with E-state index in [1.54, 1.807) is 0 Å². The highest BCUT2D eigenvalue weighted by Gasteiger charge is 2.27. The van der Waals surface area contributed by atoms with Crippen molar-refractivity contribution in [2.45, 2.75) is 38.0 Å². The van der Waals surface area contributed by atoms with Crippen LogP contribution in [-0.2, 0) is 17.6 Å². The second kappa shape index (κ2) is 7.30. The van der Waals surface area contributed by atoms with E-state index in [2.05, 4.69) is 17.1 Å². The summed E-state index contributed by atoms with van der Waals surface area (Å²) in [6, 6.07) is 14.1. The second-order valence-electron chi connectivity index (χ2n) is 7.75. The van der Waals surface area contributed by atoms with Gasteiger partial charge in [-0.25, -0.2) is 4.98 Å². The average Bonchev–Trinajstić information content (AvgIpc) is 3.38. The molecule has 5 nitrogen and oxygen atoms in total. The number of oxazole rings is 1. The van der Waals surface area contributed by atoms with E-state index in [0.29, 0.717) is 0 Å². The zero-order valence-electron chi connectivity index (χ0n) is 15.9. The van der Waals surface area contributed by atoms with Crippen LogP contribution in [0, 0.1) is 0 Å². The minimum atomic E-state index is 0.0523. The lowest BCUT2D eigenvalue weighted by Crippen LogP contribution is -2.40. The van der Waals surface area contributed by atoms with Crippen molar-refractivity contribution in [1.82, 2.24) is 9.88 Å². The number of amides is 1. The van der Waals surface area contributed by atoms with Gasteiger partial charge in [0.2, 0.25) is 0 Å². The minimum absolute atomic E-state index is 0.0523. The third-order valence-corrected chi connectivity index (χ3v) is 5.94. The van der Waals surface area contributed by atoms with Crippen LogP contribution in [0.15, 0.2) is 46.9 Å². The molecule has 0 N–H and O–H groups in total. The van der Waals surface area contributed by atoms with Gasteiger partial charge < -0.3 is 14.1 Å². The van der Waals surface area contributed by atoms with Gasteiger partial charge in [0, 0.05) is 19.0 Å². The predicted octanol–water partition coefficient (Wildman–Crippen LogP) is 4.10. The van der Waals surface area contributed by atoms with Crippen molar-refractivity contribution in [1.29, 1.82) is 0 Å². The maximum atomic E-state index is 12.6. The first-order chi connectivity index (χ1) is 13.8. The van der Waals surface area contributed by atoms with Crippen LogP contribution < -0.4 is 4.74 Å². The van der Waals surface area contributed by atoms with E-state index in [4.69, 9.17) is 9.15 Å². The van der Waals surface area contributed by atoms with E-state index in [1.165, 1.54) is 17.5 Å². The normalized spacial score (nSPS) is 17.1. The summed E-state index contributed by atoms with van der Waals surface area (Å²) in [6.07, 6.45) is 5.23. The Morgan fingerprint density at radius 1 is 1.11 bits per heavy atom. The average molecular weight is 376 g/mol. The molecule has 0 spiro atoms. The Bertz CT molecular complexity index is 969. The summed E-state index contributed by atoms with van der Waals surface area (Å²) < 4.78 is 11.7. The summed E-state index contributed by atoms with van der Waals surface area (Å²) in [6.45, 7) is 1.54. The summed E-state index contributed by atoms with van der Waals surface area (Å²) in [7, 11) is 0. The molecule has 5 rings (SSSR count). The number of rotatable bonds is 4. The molecular weight excluding hydrogens is 352 g/mol. The zero-order chi connectivity index (χ0) is 18.9. The molecule has 1 amide bonds. The summed E-state index contributed by atoms with van der Waals surface area (Å²) in [5, 5.41) is 0. The molecule has 144 valence electrons. The van der Waals surface area contributed by atoms with E-state index in [0.717, 1.165) is 61.5 Å². The third-order valence-electron chi connectivity index (χ3n) is 5.94. The van der Waals surface area contributed by atoms with Gasteiger partial charge in [0.15, 0.2) is 18.1 Å². The van der Waals surface area contributed by atoms with Gasteiger partial charge in [0.05, 0.1) is 0 Å². The van der Waals surface area contributed by atoms with E-state index in [9.17, 15) is 4.79 Å². The van der Waals surface area contributed by atoms with Gasteiger partial charge in [0.1, 0.15) is 11.3 Å². The Kier molecular flexibility index (Phi) is 4.51. The number of hydrogen-bond donors (Lipinski definition) is 0. The Balaban J connectivity index is 1.15. The van der Waals surface area contributed by atoms with E-state index < -0.39 is 0 Å². The van der Waals surface area contributed by atoms with Crippen LogP contribution in [0.3, 0.4) is 0 Å². The summed E-state index contributed by atoms with van der Waals surface area (Å²) >= 11 is 0. The molecule has 28 heavy (non-hydrogen) atoms. The number of likely N-dealkylation sites (tertiary alicyclic amines) is 1. The number of fused-ring (bicyclic) bond motifs is 2. The molecule has 2 aromatic carbocycles. The summed E-state index contributed by atoms with van der Waals surface area (Å²) in [5.74, 6) is 1.92. The molecule has 3 aromatic rings. The number of para-hydroxylation sites is 2. The topological polar surface area (TPSA) is 55.6 Å². The fourth-order valence-electron chi connectivity index (χ4n) is 4.31. The lowest BCUT2D eigenvalue weighted by Gasteiger charge is -2.30. The zero-order valence-corrected chi connectivity index (χ0v) is 15.9. The van der Waals surface area contributed by atoms with Crippen LogP contribution in [0.25, 0.3) is 11.1 Å². The van der Waals surface area contributed by atoms with Crippen molar-refractivity contribution in [3.05, 3.63) is 59.5 Å². The fourth-order valence-corrected chi connectivity index (χ4v) is 4.31. The first kappa shape index (κ1) is 17.3. The minimum Gasteiger partial charge on any atom is -0.484 e. The van der Waals surface area contributed by atoms with Gasteiger partial charge in [-0.15, -0.1) is 0 Å². The van der Waals surface area contributed by atoms with Crippen molar-refractivity contribution < 1.29 is 13.9 Å². The largest absolute Gasteiger partial charge is 0.484 e. The van der Waals surface area contributed by atoms with Gasteiger partial charge in [-0.05, 0) is 67.5 Å². The van der Waals surface area contributed by atoms with Crippen molar-refractivity contribution >= 4 is 17.0 Å². The quantitative estimate of drug-likeness (QED) is 0.688. The molecule has 0 bridgehead atoms. The molecule has 1 saturated heterocycles. The van der Waals surface area contributed by atoms with Gasteiger partial charge in [-0.2, -0.15) is 0 Å². The first-order valence-electron chi connectivity index (χ1n) is 10.1. The van der Waals surface area contributed by atoms with Crippen LogP contribution in [-0.4, -0.2) is 35.5 Å². The SMILES string of the molecule is O=C(COc1ccc2c(c1)CCC2)N1CCC(c2nc3ccccc3o2)CC1. The highest BCUT2D eigenvalue weighted by atomic mass is 16.5. The fraction of sp³-hybridized carbons (Fsp3) is 0.391. The molecule has 1 aliphatic carbocycles. The van der Waals surface area contributed by atoms with E-state index >= 15 is 0 Å².